The SMILES string of the molecule is CC(N)C(=O)c1ccc(Cl)cc1N. The number of Topliss-reactive ketones (excluding diaryl/α,β-unsaturated/α-hetero) is 1. The Morgan fingerprint density at radius 1 is 1.54 bits per heavy atom. The molecule has 0 aliphatic carbocycles. The smallest absolute Gasteiger partial charge is 0.181 e. The molecule has 4 N–H and O–H groups in total. The molecule has 0 aromatic heterocycles. The maximum absolute atomic E-state index is 11.4. The van der Waals surface area contributed by atoms with Crippen molar-refractivity contribution in [1.82, 2.24) is 0 Å². The number of halogens is 1. The molecule has 3 nitrogen and oxygen atoms in total. The number of hydrogen-bond donors (Lipinski definition) is 2. The highest BCUT2D eigenvalue weighted by molar-refractivity contribution is 6.31. The Hall–Kier alpha value is -1.06. The third-order valence-corrected chi connectivity index (χ3v) is 1.93. The molecule has 4 heteroatoms. The first-order chi connectivity index (χ1) is 6.02. The predicted octanol–water partition coefficient (Wildman–Crippen LogP) is 1.45. The van der Waals surface area contributed by atoms with Gasteiger partial charge in [-0.3, -0.25) is 4.79 Å². The Kier molecular flexibility index (Phi) is 2.90. The van der Waals surface area contributed by atoms with Gasteiger partial charge in [0.25, 0.3) is 0 Å². The first-order valence-corrected chi connectivity index (χ1v) is 4.25. The van der Waals surface area contributed by atoms with Crippen LogP contribution in [0.5, 0.6) is 0 Å². The fourth-order valence-electron chi connectivity index (χ4n) is 1.00. The minimum absolute atomic E-state index is 0.172. The molecule has 0 saturated carbocycles. The number of benzene rings is 1. The molecule has 13 heavy (non-hydrogen) atoms. The van der Waals surface area contributed by atoms with Crippen molar-refractivity contribution in [3.8, 4) is 0 Å². The van der Waals surface area contributed by atoms with E-state index in [0.29, 0.717) is 16.3 Å². The van der Waals surface area contributed by atoms with Gasteiger partial charge in [0.1, 0.15) is 0 Å². The summed E-state index contributed by atoms with van der Waals surface area (Å²) in [7, 11) is 0. The van der Waals surface area contributed by atoms with Gasteiger partial charge in [-0.25, -0.2) is 0 Å². The molecule has 70 valence electrons. The number of rotatable bonds is 2. The van der Waals surface area contributed by atoms with Crippen molar-refractivity contribution in [1.29, 1.82) is 0 Å². The summed E-state index contributed by atoms with van der Waals surface area (Å²) in [6.45, 7) is 1.62. The maximum atomic E-state index is 11.4. The van der Waals surface area contributed by atoms with Crippen molar-refractivity contribution in [2.24, 2.45) is 5.73 Å². The molecule has 1 rings (SSSR count). The monoisotopic (exact) mass is 198 g/mol. The van der Waals surface area contributed by atoms with E-state index in [0.717, 1.165) is 0 Å². The van der Waals surface area contributed by atoms with Crippen molar-refractivity contribution in [3.63, 3.8) is 0 Å². The average molecular weight is 199 g/mol. The highest BCUT2D eigenvalue weighted by Crippen LogP contribution is 2.18. The van der Waals surface area contributed by atoms with Crippen LogP contribution in [0, 0.1) is 0 Å². The lowest BCUT2D eigenvalue weighted by Crippen LogP contribution is -2.27. The average Bonchev–Trinajstić information content (AvgIpc) is 2.03. The van der Waals surface area contributed by atoms with E-state index in [1.165, 1.54) is 6.07 Å². The molecule has 1 aromatic carbocycles. The molecule has 0 aliphatic rings. The van der Waals surface area contributed by atoms with E-state index in [9.17, 15) is 4.79 Å². The van der Waals surface area contributed by atoms with Crippen molar-refractivity contribution >= 4 is 23.1 Å². The summed E-state index contributed by atoms with van der Waals surface area (Å²) in [6, 6.07) is 4.21. The van der Waals surface area contributed by atoms with E-state index in [2.05, 4.69) is 0 Å². The summed E-state index contributed by atoms with van der Waals surface area (Å²) < 4.78 is 0. The second kappa shape index (κ2) is 3.77. The van der Waals surface area contributed by atoms with Crippen LogP contribution in [-0.4, -0.2) is 11.8 Å². The van der Waals surface area contributed by atoms with Crippen LogP contribution in [0.25, 0.3) is 0 Å². The number of nitrogen functional groups attached to an aromatic ring is 1. The summed E-state index contributed by atoms with van der Waals surface area (Å²) in [4.78, 5) is 11.4. The number of nitrogens with two attached hydrogens (primary N) is 2. The molecule has 1 atom stereocenters. The van der Waals surface area contributed by atoms with Crippen LogP contribution < -0.4 is 11.5 Å². The number of carbonyl (C=O) groups excluding carboxylic acids is 1. The first-order valence-electron chi connectivity index (χ1n) is 3.87. The molecular formula is C9H11ClN2O. The van der Waals surface area contributed by atoms with Gasteiger partial charge in [-0.1, -0.05) is 11.6 Å². The van der Waals surface area contributed by atoms with E-state index in [-0.39, 0.29) is 5.78 Å². The molecule has 0 spiro atoms. The summed E-state index contributed by atoms with van der Waals surface area (Å²) in [6.07, 6.45) is 0. The molecule has 0 saturated heterocycles. The molecule has 1 unspecified atom stereocenters. The van der Waals surface area contributed by atoms with Gasteiger partial charge >= 0.3 is 0 Å². The lowest BCUT2D eigenvalue weighted by Gasteiger charge is -2.07. The van der Waals surface area contributed by atoms with Crippen LogP contribution >= 0.6 is 11.6 Å². The van der Waals surface area contributed by atoms with Gasteiger partial charge in [0.15, 0.2) is 5.78 Å². The first kappa shape index (κ1) is 10.0. The zero-order valence-corrected chi connectivity index (χ0v) is 8.01. The minimum atomic E-state index is -0.538. The van der Waals surface area contributed by atoms with Crippen molar-refractivity contribution < 1.29 is 4.79 Å². The van der Waals surface area contributed by atoms with Crippen LogP contribution in [0.4, 0.5) is 5.69 Å². The van der Waals surface area contributed by atoms with Crippen molar-refractivity contribution in [2.75, 3.05) is 5.73 Å². The number of hydrogen-bond acceptors (Lipinski definition) is 3. The summed E-state index contributed by atoms with van der Waals surface area (Å²) >= 11 is 5.68. The Labute approximate surface area is 81.7 Å². The highest BCUT2D eigenvalue weighted by Gasteiger charge is 2.13. The Morgan fingerprint density at radius 2 is 2.15 bits per heavy atom. The van der Waals surface area contributed by atoms with Crippen molar-refractivity contribution in [2.45, 2.75) is 13.0 Å². The third-order valence-electron chi connectivity index (χ3n) is 1.69. The Bertz CT molecular complexity index is 336. The molecular weight excluding hydrogens is 188 g/mol. The van der Waals surface area contributed by atoms with E-state index in [1.54, 1.807) is 19.1 Å². The van der Waals surface area contributed by atoms with Crippen LogP contribution in [0.1, 0.15) is 17.3 Å². The molecule has 0 aliphatic heterocycles. The van der Waals surface area contributed by atoms with E-state index in [1.807, 2.05) is 0 Å². The summed E-state index contributed by atoms with van der Waals surface area (Å²) in [5.74, 6) is -0.172. The van der Waals surface area contributed by atoms with Gasteiger partial charge in [-0.15, -0.1) is 0 Å². The number of anilines is 1. The van der Waals surface area contributed by atoms with Gasteiger partial charge in [0.2, 0.25) is 0 Å². The fourth-order valence-corrected chi connectivity index (χ4v) is 1.18. The van der Waals surface area contributed by atoms with E-state index < -0.39 is 6.04 Å². The zero-order valence-electron chi connectivity index (χ0n) is 7.25. The van der Waals surface area contributed by atoms with Gasteiger partial charge in [-0.2, -0.15) is 0 Å². The van der Waals surface area contributed by atoms with Crippen molar-refractivity contribution in [3.05, 3.63) is 28.8 Å². The quantitative estimate of drug-likeness (QED) is 0.558. The lowest BCUT2D eigenvalue weighted by atomic mass is 10.0. The number of carbonyl (C=O) groups is 1. The fraction of sp³-hybridized carbons (Fsp3) is 0.222. The topological polar surface area (TPSA) is 69.1 Å². The van der Waals surface area contributed by atoms with Gasteiger partial charge in [-0.05, 0) is 25.1 Å². The zero-order chi connectivity index (χ0) is 10.0. The van der Waals surface area contributed by atoms with Crippen LogP contribution in [0.3, 0.4) is 0 Å². The van der Waals surface area contributed by atoms with Crippen LogP contribution in [-0.2, 0) is 0 Å². The van der Waals surface area contributed by atoms with E-state index in [4.69, 9.17) is 23.1 Å². The molecule has 0 heterocycles. The lowest BCUT2D eigenvalue weighted by molar-refractivity contribution is 0.0969. The molecule has 0 radical (unpaired) electrons. The normalized spacial score (nSPS) is 12.5. The second-order valence-electron chi connectivity index (χ2n) is 2.88. The Morgan fingerprint density at radius 3 is 2.62 bits per heavy atom. The van der Waals surface area contributed by atoms with Gasteiger partial charge < -0.3 is 11.5 Å². The molecule has 0 amide bonds. The van der Waals surface area contributed by atoms with Crippen LogP contribution in [0.2, 0.25) is 5.02 Å². The standard InChI is InChI=1S/C9H11ClN2O/c1-5(11)9(13)7-3-2-6(10)4-8(7)12/h2-5H,11-12H2,1H3. The molecule has 1 aromatic rings. The van der Waals surface area contributed by atoms with Gasteiger partial charge in [0.05, 0.1) is 6.04 Å². The van der Waals surface area contributed by atoms with Gasteiger partial charge in [0, 0.05) is 16.3 Å². The maximum Gasteiger partial charge on any atom is 0.181 e. The second-order valence-corrected chi connectivity index (χ2v) is 3.32. The Balaban J connectivity index is 3.09. The number of ketones is 1. The third kappa shape index (κ3) is 2.20. The molecule has 0 fully saturated rings. The molecule has 0 bridgehead atoms. The van der Waals surface area contributed by atoms with Crippen LogP contribution in [0.15, 0.2) is 18.2 Å². The highest BCUT2D eigenvalue weighted by atomic mass is 35.5. The summed E-state index contributed by atoms with van der Waals surface area (Å²) in [5.41, 5.74) is 11.8. The minimum Gasteiger partial charge on any atom is -0.398 e. The largest absolute Gasteiger partial charge is 0.398 e. The van der Waals surface area contributed by atoms with E-state index >= 15 is 0 Å². The summed E-state index contributed by atoms with van der Waals surface area (Å²) in [5, 5.41) is 0.513. The predicted molar refractivity (Wildman–Crippen MR) is 53.8 cm³/mol.